The van der Waals surface area contributed by atoms with Crippen molar-refractivity contribution in [1.82, 2.24) is 5.32 Å². The molecule has 2 amide bonds. The highest BCUT2D eigenvalue weighted by Gasteiger charge is 2.31. The molecule has 140 valence electrons. The fraction of sp³-hybridized carbons (Fsp3) is 0.300. The molecule has 1 N–H and O–H groups in total. The number of nitrogens with zero attached hydrogens (tertiary/aromatic N) is 1. The Balaban J connectivity index is 1.31. The molecule has 0 aromatic heterocycles. The molecule has 0 saturated carbocycles. The molecule has 27 heavy (non-hydrogen) atoms. The van der Waals surface area contributed by atoms with Crippen molar-refractivity contribution in [2.45, 2.75) is 12.8 Å². The van der Waals surface area contributed by atoms with Crippen LogP contribution in [0, 0.1) is 11.7 Å². The van der Waals surface area contributed by atoms with Gasteiger partial charge < -0.3 is 19.7 Å². The van der Waals surface area contributed by atoms with Crippen LogP contribution in [0.4, 0.5) is 10.1 Å². The van der Waals surface area contributed by atoms with Crippen LogP contribution in [0.15, 0.2) is 42.5 Å². The van der Waals surface area contributed by atoms with Crippen molar-refractivity contribution in [2.75, 3.05) is 24.8 Å². The second kappa shape index (κ2) is 7.26. The molecule has 2 aliphatic heterocycles. The predicted molar refractivity (Wildman–Crippen MR) is 96.1 cm³/mol. The van der Waals surface area contributed by atoms with Gasteiger partial charge in [0.25, 0.3) is 0 Å². The number of halogens is 1. The number of carbonyl (C=O) groups is 2. The molecule has 1 fully saturated rings. The Labute approximate surface area is 155 Å². The first-order valence-corrected chi connectivity index (χ1v) is 8.79. The first-order valence-electron chi connectivity index (χ1n) is 8.79. The zero-order chi connectivity index (χ0) is 18.8. The van der Waals surface area contributed by atoms with Crippen molar-refractivity contribution in [3.8, 4) is 11.5 Å². The Morgan fingerprint density at radius 1 is 1.15 bits per heavy atom. The summed E-state index contributed by atoms with van der Waals surface area (Å²) in [5.74, 6) is 0.904. The number of carbonyl (C=O) groups excluding carboxylic acids is 2. The number of benzene rings is 2. The quantitative estimate of drug-likeness (QED) is 0.877. The number of hydrogen-bond donors (Lipinski definition) is 1. The van der Waals surface area contributed by atoms with E-state index in [2.05, 4.69) is 5.32 Å². The van der Waals surface area contributed by atoms with E-state index in [9.17, 15) is 14.0 Å². The number of hydrogen-bond acceptors (Lipinski definition) is 4. The van der Waals surface area contributed by atoms with Gasteiger partial charge in [0.2, 0.25) is 18.6 Å². The molecule has 0 bridgehead atoms. The van der Waals surface area contributed by atoms with E-state index < -0.39 is 0 Å². The topological polar surface area (TPSA) is 67.9 Å². The summed E-state index contributed by atoms with van der Waals surface area (Å²) in [6.07, 6.45) is 0.568. The van der Waals surface area contributed by atoms with Crippen molar-refractivity contribution < 1.29 is 23.5 Å². The third-order valence-corrected chi connectivity index (χ3v) is 4.74. The standard InChI is InChI=1S/C20H19FN2O4/c21-15-3-1-13(2-4-15)7-19(24)22-10-14-8-20(25)23(11-14)16-5-6-17-18(9-16)27-12-26-17/h1-6,9,14H,7-8,10-12H2,(H,22,24). The molecule has 0 spiro atoms. The Hall–Kier alpha value is -3.09. The lowest BCUT2D eigenvalue weighted by atomic mass is 10.1. The molecule has 2 heterocycles. The van der Waals surface area contributed by atoms with Crippen molar-refractivity contribution in [3.05, 3.63) is 53.8 Å². The van der Waals surface area contributed by atoms with Crippen molar-refractivity contribution in [1.29, 1.82) is 0 Å². The zero-order valence-corrected chi connectivity index (χ0v) is 14.6. The van der Waals surface area contributed by atoms with Gasteiger partial charge in [0.15, 0.2) is 11.5 Å². The molecule has 1 unspecified atom stereocenters. The predicted octanol–water partition coefficient (Wildman–Crippen LogP) is 2.27. The fourth-order valence-corrected chi connectivity index (χ4v) is 3.33. The van der Waals surface area contributed by atoms with Gasteiger partial charge in [-0.05, 0) is 29.8 Å². The monoisotopic (exact) mass is 370 g/mol. The lowest BCUT2D eigenvalue weighted by molar-refractivity contribution is -0.121. The highest BCUT2D eigenvalue weighted by Crippen LogP contribution is 2.37. The van der Waals surface area contributed by atoms with E-state index in [0.717, 1.165) is 11.3 Å². The number of anilines is 1. The Morgan fingerprint density at radius 3 is 2.74 bits per heavy atom. The normalized spacial score (nSPS) is 18.0. The van der Waals surface area contributed by atoms with Crippen molar-refractivity contribution in [3.63, 3.8) is 0 Å². The van der Waals surface area contributed by atoms with E-state index in [4.69, 9.17) is 9.47 Å². The van der Waals surface area contributed by atoms with Gasteiger partial charge in [0, 0.05) is 37.2 Å². The van der Waals surface area contributed by atoms with Gasteiger partial charge >= 0.3 is 0 Å². The van der Waals surface area contributed by atoms with Crippen LogP contribution >= 0.6 is 0 Å². The summed E-state index contributed by atoms with van der Waals surface area (Å²) >= 11 is 0. The third kappa shape index (κ3) is 3.86. The first kappa shape index (κ1) is 17.3. The van der Waals surface area contributed by atoms with E-state index in [1.54, 1.807) is 29.2 Å². The molecule has 2 aliphatic rings. The van der Waals surface area contributed by atoms with Crippen LogP contribution in [0.25, 0.3) is 0 Å². The molecule has 4 rings (SSSR count). The molecule has 0 aliphatic carbocycles. The van der Waals surface area contributed by atoms with E-state index in [1.807, 2.05) is 6.07 Å². The van der Waals surface area contributed by atoms with Crippen molar-refractivity contribution in [2.24, 2.45) is 5.92 Å². The molecular formula is C20H19FN2O4. The smallest absolute Gasteiger partial charge is 0.231 e. The lowest BCUT2D eigenvalue weighted by Crippen LogP contribution is -2.32. The number of nitrogens with one attached hydrogen (secondary N) is 1. The van der Waals surface area contributed by atoms with Crippen LogP contribution < -0.4 is 19.7 Å². The largest absolute Gasteiger partial charge is 0.454 e. The average molecular weight is 370 g/mol. The van der Waals surface area contributed by atoms with E-state index in [1.165, 1.54) is 12.1 Å². The maximum atomic E-state index is 12.9. The minimum absolute atomic E-state index is 0.0200. The van der Waals surface area contributed by atoms with Crippen LogP contribution in [0.2, 0.25) is 0 Å². The highest BCUT2D eigenvalue weighted by molar-refractivity contribution is 5.96. The minimum Gasteiger partial charge on any atom is -0.454 e. The van der Waals surface area contributed by atoms with Gasteiger partial charge in [-0.1, -0.05) is 12.1 Å². The lowest BCUT2D eigenvalue weighted by Gasteiger charge is -2.17. The summed E-state index contributed by atoms with van der Waals surface area (Å²) in [7, 11) is 0. The fourth-order valence-electron chi connectivity index (χ4n) is 3.33. The maximum absolute atomic E-state index is 12.9. The summed E-state index contributed by atoms with van der Waals surface area (Å²) in [6.45, 7) is 1.15. The van der Waals surface area contributed by atoms with Crippen LogP contribution in [0.5, 0.6) is 11.5 Å². The van der Waals surface area contributed by atoms with E-state index in [0.29, 0.717) is 31.0 Å². The maximum Gasteiger partial charge on any atom is 0.231 e. The number of rotatable bonds is 5. The van der Waals surface area contributed by atoms with Gasteiger partial charge in [0.1, 0.15) is 5.82 Å². The second-order valence-electron chi connectivity index (χ2n) is 6.72. The number of amides is 2. The summed E-state index contributed by atoms with van der Waals surface area (Å²) in [4.78, 5) is 26.1. The van der Waals surface area contributed by atoms with E-state index >= 15 is 0 Å². The van der Waals surface area contributed by atoms with Crippen LogP contribution in [0.3, 0.4) is 0 Å². The zero-order valence-electron chi connectivity index (χ0n) is 14.6. The first-order chi connectivity index (χ1) is 13.1. The summed E-state index contributed by atoms with van der Waals surface area (Å²) < 4.78 is 23.6. The molecule has 7 heteroatoms. The second-order valence-corrected chi connectivity index (χ2v) is 6.72. The average Bonchev–Trinajstić information content (AvgIpc) is 3.27. The molecular weight excluding hydrogens is 351 g/mol. The molecule has 2 aromatic carbocycles. The third-order valence-electron chi connectivity index (χ3n) is 4.74. The molecule has 2 aromatic rings. The number of ether oxygens (including phenoxy) is 2. The van der Waals surface area contributed by atoms with Gasteiger partial charge in [-0.15, -0.1) is 0 Å². The number of fused-ring (bicyclic) bond motifs is 1. The molecule has 1 saturated heterocycles. The SMILES string of the molecule is O=C(Cc1ccc(F)cc1)NCC1CC(=O)N(c2ccc3c(c2)OCO3)C1. The highest BCUT2D eigenvalue weighted by atomic mass is 19.1. The Bertz CT molecular complexity index is 869. The van der Waals surface area contributed by atoms with Gasteiger partial charge in [-0.3, -0.25) is 9.59 Å². The molecule has 0 radical (unpaired) electrons. The van der Waals surface area contributed by atoms with E-state index in [-0.39, 0.29) is 36.8 Å². The van der Waals surface area contributed by atoms with Crippen LogP contribution in [-0.2, 0) is 16.0 Å². The molecule has 6 nitrogen and oxygen atoms in total. The minimum atomic E-state index is -0.327. The summed E-state index contributed by atoms with van der Waals surface area (Å²) in [5.41, 5.74) is 1.52. The molecule has 1 atom stereocenters. The van der Waals surface area contributed by atoms with Gasteiger partial charge in [0.05, 0.1) is 6.42 Å². The van der Waals surface area contributed by atoms with Gasteiger partial charge in [-0.25, -0.2) is 4.39 Å². The van der Waals surface area contributed by atoms with Gasteiger partial charge in [-0.2, -0.15) is 0 Å². The Kier molecular flexibility index (Phi) is 4.66. The van der Waals surface area contributed by atoms with Crippen LogP contribution in [-0.4, -0.2) is 31.7 Å². The summed E-state index contributed by atoms with van der Waals surface area (Å²) in [5, 5.41) is 2.87. The summed E-state index contributed by atoms with van der Waals surface area (Å²) in [6, 6.07) is 11.3. The Morgan fingerprint density at radius 2 is 1.93 bits per heavy atom. The van der Waals surface area contributed by atoms with Crippen molar-refractivity contribution >= 4 is 17.5 Å². The van der Waals surface area contributed by atoms with Crippen LogP contribution in [0.1, 0.15) is 12.0 Å².